The summed E-state index contributed by atoms with van der Waals surface area (Å²) in [5.74, 6) is -0.0263. The fourth-order valence-corrected chi connectivity index (χ4v) is 3.11. The number of anilines is 1. The molecule has 3 aromatic carbocycles. The molecule has 0 fully saturated rings. The Morgan fingerprint density at radius 1 is 0.913 bits per heavy atom. The predicted molar refractivity (Wildman–Crippen MR) is 94.6 cm³/mol. The molecule has 0 aromatic heterocycles. The Hall–Kier alpha value is -2.94. The molecule has 0 radical (unpaired) electrons. The van der Waals surface area contributed by atoms with Gasteiger partial charge >= 0.3 is 0 Å². The van der Waals surface area contributed by atoms with Gasteiger partial charge in [-0.1, -0.05) is 54.6 Å². The van der Waals surface area contributed by atoms with Crippen molar-refractivity contribution in [2.75, 3.05) is 11.4 Å². The third kappa shape index (κ3) is 2.13. The van der Waals surface area contributed by atoms with Crippen molar-refractivity contribution in [2.24, 2.45) is 4.99 Å². The van der Waals surface area contributed by atoms with Gasteiger partial charge in [-0.25, -0.2) is 4.99 Å². The van der Waals surface area contributed by atoms with Crippen LogP contribution in [0.25, 0.3) is 10.8 Å². The minimum Gasteiger partial charge on any atom is -0.307 e. The van der Waals surface area contributed by atoms with Gasteiger partial charge in [-0.05, 0) is 24.4 Å². The molecular formula is C20H16N2O. The number of fused-ring (bicyclic) bond motifs is 2. The van der Waals surface area contributed by atoms with Crippen molar-refractivity contribution in [1.29, 1.82) is 0 Å². The molecule has 0 aliphatic carbocycles. The summed E-state index contributed by atoms with van der Waals surface area (Å²) in [7, 11) is 0. The van der Waals surface area contributed by atoms with Gasteiger partial charge in [0.25, 0.3) is 5.91 Å². The number of carbonyl (C=O) groups is 1. The van der Waals surface area contributed by atoms with Gasteiger partial charge in [0, 0.05) is 17.5 Å². The number of aliphatic imine (C=N–C) groups is 1. The van der Waals surface area contributed by atoms with Gasteiger partial charge in [-0.3, -0.25) is 4.79 Å². The molecule has 1 aliphatic heterocycles. The van der Waals surface area contributed by atoms with E-state index in [0.29, 0.717) is 12.3 Å². The number of carbonyl (C=O) groups excluding carboxylic acids is 1. The first kappa shape index (κ1) is 13.7. The largest absolute Gasteiger partial charge is 0.307 e. The highest BCUT2D eigenvalue weighted by Crippen LogP contribution is 2.32. The van der Waals surface area contributed by atoms with E-state index in [9.17, 15) is 4.79 Å². The number of amides is 1. The van der Waals surface area contributed by atoms with Crippen LogP contribution >= 0.6 is 0 Å². The molecule has 0 saturated carbocycles. The van der Waals surface area contributed by atoms with Crippen LogP contribution < -0.4 is 4.90 Å². The molecule has 0 N–H and O–H groups in total. The quantitative estimate of drug-likeness (QED) is 0.693. The van der Waals surface area contributed by atoms with Crippen molar-refractivity contribution >= 4 is 33.8 Å². The number of benzene rings is 3. The second kappa shape index (κ2) is 5.36. The topological polar surface area (TPSA) is 32.7 Å². The van der Waals surface area contributed by atoms with Crippen LogP contribution in [0.1, 0.15) is 12.5 Å². The fraction of sp³-hybridized carbons (Fsp3) is 0.100. The van der Waals surface area contributed by atoms with Crippen molar-refractivity contribution in [3.63, 3.8) is 0 Å². The van der Waals surface area contributed by atoms with Crippen LogP contribution in [-0.4, -0.2) is 18.2 Å². The van der Waals surface area contributed by atoms with Crippen LogP contribution in [0.2, 0.25) is 0 Å². The molecule has 3 heteroatoms. The van der Waals surface area contributed by atoms with E-state index >= 15 is 0 Å². The lowest BCUT2D eigenvalue weighted by atomic mass is 10.1. The molecule has 1 amide bonds. The Kier molecular flexibility index (Phi) is 3.19. The van der Waals surface area contributed by atoms with Crippen LogP contribution in [0, 0.1) is 0 Å². The smallest absolute Gasteiger partial charge is 0.277 e. The Bertz CT molecular complexity index is 938. The van der Waals surface area contributed by atoms with Gasteiger partial charge in [0.15, 0.2) is 0 Å². The summed E-state index contributed by atoms with van der Waals surface area (Å²) >= 11 is 0. The highest BCUT2D eigenvalue weighted by Gasteiger charge is 2.32. The molecule has 0 saturated heterocycles. The van der Waals surface area contributed by atoms with Crippen LogP contribution in [0.15, 0.2) is 71.7 Å². The van der Waals surface area contributed by atoms with E-state index in [-0.39, 0.29) is 5.91 Å². The minimum atomic E-state index is -0.0263. The van der Waals surface area contributed by atoms with Gasteiger partial charge in [-0.15, -0.1) is 0 Å². The van der Waals surface area contributed by atoms with Crippen molar-refractivity contribution in [3.8, 4) is 0 Å². The lowest BCUT2D eigenvalue weighted by Crippen LogP contribution is -2.29. The maximum atomic E-state index is 12.7. The highest BCUT2D eigenvalue weighted by atomic mass is 16.2. The Morgan fingerprint density at radius 3 is 2.52 bits per heavy atom. The number of hydrogen-bond acceptors (Lipinski definition) is 2. The number of likely N-dealkylation sites (N-methyl/N-ethyl adjacent to an activating group) is 1. The summed E-state index contributed by atoms with van der Waals surface area (Å²) in [5, 5.41) is 2.18. The molecule has 0 spiro atoms. The van der Waals surface area contributed by atoms with Crippen molar-refractivity contribution < 1.29 is 4.79 Å². The molecule has 112 valence electrons. The molecule has 0 bridgehead atoms. The first-order valence-corrected chi connectivity index (χ1v) is 7.77. The zero-order valence-corrected chi connectivity index (χ0v) is 12.9. The monoisotopic (exact) mass is 300 g/mol. The molecule has 1 heterocycles. The van der Waals surface area contributed by atoms with E-state index in [4.69, 9.17) is 4.99 Å². The molecule has 3 aromatic rings. The first-order chi connectivity index (χ1) is 11.3. The van der Waals surface area contributed by atoms with E-state index in [0.717, 1.165) is 27.7 Å². The maximum absolute atomic E-state index is 12.7. The van der Waals surface area contributed by atoms with Crippen LogP contribution in [0.5, 0.6) is 0 Å². The van der Waals surface area contributed by atoms with E-state index in [1.54, 1.807) is 4.90 Å². The van der Waals surface area contributed by atoms with Gasteiger partial charge in [0.2, 0.25) is 0 Å². The number of para-hydroxylation sites is 1. The van der Waals surface area contributed by atoms with Gasteiger partial charge < -0.3 is 4.90 Å². The first-order valence-electron chi connectivity index (χ1n) is 7.77. The summed E-state index contributed by atoms with van der Waals surface area (Å²) in [5.41, 5.74) is 3.21. The molecule has 0 atom stereocenters. The lowest BCUT2D eigenvalue weighted by Gasteiger charge is -2.12. The maximum Gasteiger partial charge on any atom is 0.277 e. The Labute approximate surface area is 134 Å². The lowest BCUT2D eigenvalue weighted by molar-refractivity contribution is -0.112. The van der Waals surface area contributed by atoms with Crippen LogP contribution in [0.3, 0.4) is 0 Å². The van der Waals surface area contributed by atoms with E-state index in [1.807, 2.05) is 61.5 Å². The zero-order valence-electron chi connectivity index (χ0n) is 12.9. The summed E-state index contributed by atoms with van der Waals surface area (Å²) in [6.45, 7) is 2.62. The number of nitrogens with zero attached hydrogens (tertiary/aromatic N) is 2. The van der Waals surface area contributed by atoms with Crippen LogP contribution in [-0.2, 0) is 4.79 Å². The summed E-state index contributed by atoms with van der Waals surface area (Å²) in [6.07, 6.45) is 0. The minimum absolute atomic E-state index is 0.0263. The second-order valence-corrected chi connectivity index (χ2v) is 5.53. The normalized spacial score (nSPS) is 15.4. The van der Waals surface area contributed by atoms with Crippen molar-refractivity contribution in [1.82, 2.24) is 0 Å². The molecule has 1 aliphatic rings. The van der Waals surface area contributed by atoms with Gasteiger partial charge in [0.1, 0.15) is 5.71 Å². The van der Waals surface area contributed by atoms with Gasteiger partial charge in [-0.2, -0.15) is 0 Å². The average Bonchev–Trinajstić information content (AvgIpc) is 2.87. The van der Waals surface area contributed by atoms with E-state index in [1.165, 1.54) is 0 Å². The highest BCUT2D eigenvalue weighted by molar-refractivity contribution is 6.54. The van der Waals surface area contributed by atoms with Gasteiger partial charge in [0.05, 0.1) is 11.4 Å². The Balaban J connectivity index is 1.93. The zero-order chi connectivity index (χ0) is 15.8. The molecule has 0 unspecified atom stereocenters. The summed E-state index contributed by atoms with van der Waals surface area (Å²) in [6, 6.07) is 21.9. The summed E-state index contributed by atoms with van der Waals surface area (Å²) in [4.78, 5) is 19.2. The fourth-order valence-electron chi connectivity index (χ4n) is 3.11. The second-order valence-electron chi connectivity index (χ2n) is 5.53. The third-order valence-corrected chi connectivity index (χ3v) is 4.21. The number of hydrogen-bond donors (Lipinski definition) is 0. The van der Waals surface area contributed by atoms with E-state index in [2.05, 4.69) is 12.1 Å². The molecule has 4 rings (SSSR count). The molecular weight excluding hydrogens is 284 g/mol. The van der Waals surface area contributed by atoms with Crippen molar-refractivity contribution in [2.45, 2.75) is 6.92 Å². The number of rotatable bonds is 2. The molecule has 23 heavy (non-hydrogen) atoms. The van der Waals surface area contributed by atoms with Crippen LogP contribution in [0.4, 0.5) is 11.4 Å². The third-order valence-electron chi connectivity index (χ3n) is 4.21. The standard InChI is InChI=1S/C20H16N2O/c1-2-22-18-13-6-5-11-16(18)19(20(22)23)21-17-12-7-9-14-8-3-4-10-15(14)17/h3-13H,2H2,1H3. The SMILES string of the molecule is CCN1C(=O)C(=Nc2cccc3ccccc23)c2ccccc21. The molecule has 3 nitrogen and oxygen atoms in total. The van der Waals surface area contributed by atoms with E-state index < -0.39 is 0 Å². The summed E-state index contributed by atoms with van der Waals surface area (Å²) < 4.78 is 0. The van der Waals surface area contributed by atoms with Crippen molar-refractivity contribution in [3.05, 3.63) is 72.3 Å². The average molecular weight is 300 g/mol. The Morgan fingerprint density at radius 2 is 1.65 bits per heavy atom. The predicted octanol–water partition coefficient (Wildman–Crippen LogP) is 4.33.